The molecule has 0 atom stereocenters. The first kappa shape index (κ1) is 15.3. The molecule has 2 aromatic rings. The van der Waals surface area contributed by atoms with Gasteiger partial charge in [-0.05, 0) is 24.3 Å². The molecule has 0 fully saturated rings. The van der Waals surface area contributed by atoms with Crippen molar-refractivity contribution in [2.24, 2.45) is 0 Å². The fourth-order valence-electron chi connectivity index (χ4n) is 1.68. The van der Waals surface area contributed by atoms with Gasteiger partial charge in [-0.3, -0.25) is 4.79 Å². The highest BCUT2D eigenvalue weighted by molar-refractivity contribution is 9.10. The van der Waals surface area contributed by atoms with Crippen LogP contribution in [0.4, 0.5) is 4.39 Å². The smallest absolute Gasteiger partial charge is 0.195 e. The van der Waals surface area contributed by atoms with Crippen molar-refractivity contribution in [3.8, 4) is 5.75 Å². The van der Waals surface area contributed by atoms with Gasteiger partial charge in [0.25, 0.3) is 0 Å². The third kappa shape index (κ3) is 2.97. The van der Waals surface area contributed by atoms with E-state index in [1.165, 1.54) is 31.4 Å². The molecule has 2 nitrogen and oxygen atoms in total. The minimum Gasteiger partial charge on any atom is -0.495 e. The Kier molecular flexibility index (Phi) is 4.68. The largest absolute Gasteiger partial charge is 0.495 e. The molecule has 0 spiro atoms. The number of hydrogen-bond acceptors (Lipinski definition) is 2. The van der Waals surface area contributed by atoms with Gasteiger partial charge < -0.3 is 4.74 Å². The van der Waals surface area contributed by atoms with Gasteiger partial charge in [0.05, 0.1) is 17.2 Å². The van der Waals surface area contributed by atoms with Crippen molar-refractivity contribution in [3.05, 3.63) is 61.8 Å². The van der Waals surface area contributed by atoms with Crippen molar-refractivity contribution in [2.75, 3.05) is 7.11 Å². The van der Waals surface area contributed by atoms with Crippen molar-refractivity contribution in [2.45, 2.75) is 0 Å². The summed E-state index contributed by atoms with van der Waals surface area (Å²) in [5, 5.41) is 0.445. The van der Waals surface area contributed by atoms with Gasteiger partial charge in [0.15, 0.2) is 5.78 Å². The zero-order chi connectivity index (χ0) is 14.9. The van der Waals surface area contributed by atoms with Gasteiger partial charge in [-0.2, -0.15) is 0 Å². The van der Waals surface area contributed by atoms with Crippen LogP contribution in [0.3, 0.4) is 0 Å². The highest BCUT2D eigenvalue weighted by atomic mass is 79.9. The van der Waals surface area contributed by atoms with Crippen LogP contribution in [0.1, 0.15) is 15.9 Å². The number of benzene rings is 2. The summed E-state index contributed by atoms with van der Waals surface area (Å²) in [5.41, 5.74) is 0.358. The van der Waals surface area contributed by atoms with Crippen molar-refractivity contribution in [1.29, 1.82) is 0 Å². The van der Waals surface area contributed by atoms with Gasteiger partial charge in [0, 0.05) is 21.7 Å². The van der Waals surface area contributed by atoms with Crippen molar-refractivity contribution >= 4 is 44.9 Å². The van der Waals surface area contributed by atoms with E-state index in [9.17, 15) is 9.18 Å². The predicted octanol–water partition coefficient (Wildman–Crippen LogP) is 5.13. The molecule has 2 aromatic carbocycles. The molecular weight excluding hydrogens is 370 g/mol. The first-order valence-electron chi connectivity index (χ1n) is 5.47. The molecule has 2 rings (SSSR count). The second-order valence-corrected chi connectivity index (χ2v) is 5.59. The maximum absolute atomic E-state index is 13.3. The normalized spacial score (nSPS) is 10.4. The highest BCUT2D eigenvalue weighted by Gasteiger charge is 2.18. The van der Waals surface area contributed by atoms with Gasteiger partial charge in [0.1, 0.15) is 11.6 Å². The lowest BCUT2D eigenvalue weighted by Gasteiger charge is -2.09. The first-order valence-corrected chi connectivity index (χ1v) is 7.01. The van der Waals surface area contributed by atoms with Gasteiger partial charge in [-0.1, -0.05) is 39.1 Å². The number of ether oxygens (including phenoxy) is 1. The van der Waals surface area contributed by atoms with Crippen LogP contribution in [-0.4, -0.2) is 12.9 Å². The van der Waals surface area contributed by atoms with Gasteiger partial charge in [-0.25, -0.2) is 4.39 Å². The average Bonchev–Trinajstić information content (AvgIpc) is 2.42. The number of hydrogen-bond donors (Lipinski definition) is 0. The molecular formula is C14H8BrCl2FO2. The van der Waals surface area contributed by atoms with Crippen LogP contribution < -0.4 is 4.74 Å². The fourth-order valence-corrected chi connectivity index (χ4v) is 2.58. The lowest BCUT2D eigenvalue weighted by Crippen LogP contribution is -2.04. The SMILES string of the molecule is COc1cc(Cl)c(C(=O)c2cc(F)ccc2Br)cc1Cl. The fraction of sp³-hybridized carbons (Fsp3) is 0.0714. The van der Waals surface area contributed by atoms with Crippen LogP contribution in [0.25, 0.3) is 0 Å². The van der Waals surface area contributed by atoms with E-state index < -0.39 is 11.6 Å². The molecule has 0 saturated carbocycles. The standard InChI is InChI=1S/C14H8BrCl2FO2/c1-20-13-6-11(16)9(5-12(13)17)14(19)8-4-7(18)2-3-10(8)15/h2-6H,1H3. The Balaban J connectivity index is 2.54. The van der Waals surface area contributed by atoms with Gasteiger partial charge >= 0.3 is 0 Å². The van der Waals surface area contributed by atoms with E-state index in [2.05, 4.69) is 15.9 Å². The summed E-state index contributed by atoms with van der Waals surface area (Å²) in [4.78, 5) is 12.4. The Hall–Kier alpha value is -1.10. The number of halogens is 4. The Bertz CT molecular complexity index is 689. The van der Waals surface area contributed by atoms with Gasteiger partial charge in [0.2, 0.25) is 0 Å². The molecule has 0 aromatic heterocycles. The molecule has 0 aliphatic carbocycles. The van der Waals surface area contributed by atoms with Crippen LogP contribution in [-0.2, 0) is 0 Å². The van der Waals surface area contributed by atoms with E-state index in [0.717, 1.165) is 6.07 Å². The Morgan fingerprint density at radius 3 is 2.50 bits per heavy atom. The number of rotatable bonds is 3. The van der Waals surface area contributed by atoms with Crippen LogP contribution in [0.5, 0.6) is 5.75 Å². The molecule has 0 saturated heterocycles. The molecule has 0 aliphatic heterocycles. The third-order valence-corrected chi connectivity index (χ3v) is 3.96. The molecule has 0 bridgehead atoms. The van der Waals surface area contributed by atoms with E-state index in [1.54, 1.807) is 0 Å². The van der Waals surface area contributed by atoms with E-state index >= 15 is 0 Å². The molecule has 104 valence electrons. The number of carbonyl (C=O) groups excluding carboxylic acids is 1. The molecule has 0 unspecified atom stereocenters. The summed E-state index contributed by atoms with van der Waals surface area (Å²) in [7, 11) is 1.45. The van der Waals surface area contributed by atoms with E-state index in [-0.39, 0.29) is 21.2 Å². The molecule has 0 radical (unpaired) electrons. The maximum atomic E-state index is 13.3. The lowest BCUT2D eigenvalue weighted by atomic mass is 10.0. The molecule has 0 heterocycles. The summed E-state index contributed by atoms with van der Waals surface area (Å²) < 4.78 is 18.8. The van der Waals surface area contributed by atoms with E-state index in [1.807, 2.05) is 0 Å². The van der Waals surface area contributed by atoms with Crippen molar-refractivity contribution in [3.63, 3.8) is 0 Å². The second kappa shape index (κ2) is 6.12. The molecule has 0 aliphatic rings. The monoisotopic (exact) mass is 376 g/mol. The zero-order valence-corrected chi connectivity index (χ0v) is 13.3. The maximum Gasteiger partial charge on any atom is 0.195 e. The van der Waals surface area contributed by atoms with E-state index in [0.29, 0.717) is 10.2 Å². The first-order chi connectivity index (χ1) is 9.43. The highest BCUT2D eigenvalue weighted by Crippen LogP contribution is 2.33. The average molecular weight is 378 g/mol. The van der Waals surface area contributed by atoms with Crippen LogP contribution >= 0.6 is 39.1 Å². The zero-order valence-electron chi connectivity index (χ0n) is 10.2. The summed E-state index contributed by atoms with van der Waals surface area (Å²) in [6.45, 7) is 0. The van der Waals surface area contributed by atoms with Crippen LogP contribution in [0.2, 0.25) is 10.0 Å². The Morgan fingerprint density at radius 1 is 1.15 bits per heavy atom. The lowest BCUT2D eigenvalue weighted by molar-refractivity contribution is 0.103. The minimum atomic E-state index is -0.507. The van der Waals surface area contributed by atoms with Gasteiger partial charge in [-0.15, -0.1) is 0 Å². The number of methoxy groups -OCH3 is 1. The van der Waals surface area contributed by atoms with Crippen LogP contribution in [0.15, 0.2) is 34.8 Å². The molecule has 20 heavy (non-hydrogen) atoms. The summed E-state index contributed by atoms with van der Waals surface area (Å²) in [6.07, 6.45) is 0. The van der Waals surface area contributed by atoms with E-state index in [4.69, 9.17) is 27.9 Å². The quantitative estimate of drug-likeness (QED) is 0.692. The number of ketones is 1. The molecule has 0 amide bonds. The predicted molar refractivity (Wildman–Crippen MR) is 80.5 cm³/mol. The number of carbonyl (C=O) groups is 1. The third-order valence-electron chi connectivity index (χ3n) is 2.66. The summed E-state index contributed by atoms with van der Waals surface area (Å²) in [5.74, 6) is -0.565. The summed E-state index contributed by atoms with van der Waals surface area (Å²) in [6, 6.07) is 6.71. The second-order valence-electron chi connectivity index (χ2n) is 3.92. The topological polar surface area (TPSA) is 26.3 Å². The van der Waals surface area contributed by atoms with Crippen molar-refractivity contribution < 1.29 is 13.9 Å². The Labute approximate surface area is 133 Å². The minimum absolute atomic E-state index is 0.174. The summed E-state index contributed by atoms with van der Waals surface area (Å²) >= 11 is 15.2. The van der Waals surface area contributed by atoms with Crippen molar-refractivity contribution in [1.82, 2.24) is 0 Å². The Morgan fingerprint density at radius 2 is 1.85 bits per heavy atom. The molecule has 6 heteroatoms. The van der Waals surface area contributed by atoms with Crippen LogP contribution in [0, 0.1) is 5.82 Å². The molecule has 0 N–H and O–H groups in total.